The van der Waals surface area contributed by atoms with E-state index >= 15 is 0 Å². The number of piperidine rings is 1. The van der Waals surface area contributed by atoms with Crippen LogP contribution in [0.3, 0.4) is 0 Å². The molecule has 32 heavy (non-hydrogen) atoms. The maximum atomic E-state index is 12.9. The van der Waals surface area contributed by atoms with Crippen LogP contribution in [-0.4, -0.2) is 43.9 Å². The minimum absolute atomic E-state index is 0.100. The molecule has 3 heterocycles. The summed E-state index contributed by atoms with van der Waals surface area (Å²) in [7, 11) is 0. The summed E-state index contributed by atoms with van der Waals surface area (Å²) in [6, 6.07) is 10.5. The number of carbonyl (C=O) groups is 1. The normalized spacial score (nSPS) is 16.1. The van der Waals surface area contributed by atoms with E-state index in [0.717, 1.165) is 24.4 Å². The van der Waals surface area contributed by atoms with E-state index in [9.17, 15) is 14.9 Å². The molecule has 1 fully saturated rings. The molecule has 10 nitrogen and oxygen atoms in total. The molecule has 0 bridgehead atoms. The van der Waals surface area contributed by atoms with Crippen LogP contribution in [0.25, 0.3) is 5.82 Å². The molecule has 3 aromatic rings. The Morgan fingerprint density at radius 3 is 2.56 bits per heavy atom. The Morgan fingerprint density at radius 1 is 1.16 bits per heavy atom. The number of aryl methyl sites for hydroxylation is 3. The first-order chi connectivity index (χ1) is 15.3. The molecule has 1 saturated heterocycles. The number of hydrogen-bond donors (Lipinski definition) is 1. The number of nitrogens with zero attached hydrogens (tertiary/aromatic N) is 6. The molecule has 1 aliphatic rings. The molecule has 1 amide bonds. The van der Waals surface area contributed by atoms with Crippen molar-refractivity contribution in [3.05, 3.63) is 63.5 Å². The van der Waals surface area contributed by atoms with Crippen LogP contribution in [0.4, 0.5) is 17.2 Å². The predicted molar refractivity (Wildman–Crippen MR) is 120 cm³/mol. The molecular formula is C22H25N7O3. The smallest absolute Gasteiger partial charge is 0.293 e. The fourth-order valence-corrected chi connectivity index (χ4v) is 4.05. The number of benzene rings is 1. The average Bonchev–Trinajstić information content (AvgIpc) is 3.13. The monoisotopic (exact) mass is 435 g/mol. The molecule has 0 aliphatic carbocycles. The van der Waals surface area contributed by atoms with E-state index in [0.29, 0.717) is 30.2 Å². The summed E-state index contributed by atoms with van der Waals surface area (Å²) in [5, 5.41) is 27.2. The van der Waals surface area contributed by atoms with Gasteiger partial charge in [-0.1, -0.05) is 12.1 Å². The zero-order chi connectivity index (χ0) is 22.8. The van der Waals surface area contributed by atoms with E-state index in [2.05, 4.69) is 20.6 Å². The first-order valence-electron chi connectivity index (χ1n) is 10.5. The highest BCUT2D eigenvalue weighted by atomic mass is 16.6. The summed E-state index contributed by atoms with van der Waals surface area (Å²) < 4.78 is 1.74. The Kier molecular flexibility index (Phi) is 5.85. The summed E-state index contributed by atoms with van der Waals surface area (Å²) in [4.78, 5) is 25.8. The Labute approximate surface area is 185 Å². The molecular weight excluding hydrogens is 410 g/mol. The van der Waals surface area contributed by atoms with Crippen LogP contribution in [0.2, 0.25) is 0 Å². The number of nitro benzene ring substituents is 1. The molecule has 1 aliphatic heterocycles. The van der Waals surface area contributed by atoms with Crippen molar-refractivity contribution in [3.63, 3.8) is 0 Å². The number of nitrogens with one attached hydrogen (secondary N) is 1. The van der Waals surface area contributed by atoms with Crippen LogP contribution in [0.1, 0.15) is 29.8 Å². The fourth-order valence-electron chi connectivity index (χ4n) is 4.05. The van der Waals surface area contributed by atoms with Gasteiger partial charge in [-0.25, -0.2) is 4.68 Å². The van der Waals surface area contributed by atoms with Crippen LogP contribution in [0.15, 0.2) is 36.4 Å². The van der Waals surface area contributed by atoms with Crippen molar-refractivity contribution >= 4 is 23.1 Å². The molecule has 166 valence electrons. The van der Waals surface area contributed by atoms with E-state index in [1.165, 1.54) is 6.07 Å². The SMILES string of the molecule is Cc1cc(C)n(-c2ccc(N3CCCC(C(=O)Nc4c(C)cccc4[N+](=O)[O-])C3)nn2)n1. The summed E-state index contributed by atoms with van der Waals surface area (Å²) >= 11 is 0. The Balaban J connectivity index is 1.47. The number of hydrogen-bond acceptors (Lipinski definition) is 7. The van der Waals surface area contributed by atoms with Gasteiger partial charge in [-0.15, -0.1) is 10.2 Å². The predicted octanol–water partition coefficient (Wildman–Crippen LogP) is 3.35. The van der Waals surface area contributed by atoms with Crippen LogP contribution < -0.4 is 10.2 Å². The number of carbonyl (C=O) groups excluding carboxylic acids is 1. The van der Waals surface area contributed by atoms with Crippen molar-refractivity contribution in [2.24, 2.45) is 5.92 Å². The molecule has 0 radical (unpaired) electrons. The first-order valence-corrected chi connectivity index (χ1v) is 10.5. The molecule has 0 saturated carbocycles. The molecule has 4 rings (SSSR count). The summed E-state index contributed by atoms with van der Waals surface area (Å²) in [6.07, 6.45) is 1.52. The highest BCUT2D eigenvalue weighted by molar-refractivity contribution is 5.96. The minimum atomic E-state index is -0.476. The number of aromatic nitrogens is 4. The van der Waals surface area contributed by atoms with Gasteiger partial charge in [0, 0.05) is 24.8 Å². The van der Waals surface area contributed by atoms with Crippen molar-refractivity contribution in [1.29, 1.82) is 0 Å². The minimum Gasteiger partial charge on any atom is -0.354 e. The third-order valence-corrected chi connectivity index (χ3v) is 5.67. The number of para-hydroxylation sites is 1. The quantitative estimate of drug-likeness (QED) is 0.482. The second-order valence-corrected chi connectivity index (χ2v) is 8.09. The van der Waals surface area contributed by atoms with Gasteiger partial charge < -0.3 is 10.2 Å². The molecule has 1 unspecified atom stereocenters. The maximum absolute atomic E-state index is 12.9. The second kappa shape index (κ2) is 8.74. The number of amides is 1. The average molecular weight is 435 g/mol. The molecule has 1 aromatic carbocycles. The molecule has 1 atom stereocenters. The molecule has 2 aromatic heterocycles. The zero-order valence-electron chi connectivity index (χ0n) is 18.3. The van der Waals surface area contributed by atoms with E-state index in [1.807, 2.05) is 36.9 Å². The number of anilines is 2. The molecule has 0 spiro atoms. The maximum Gasteiger partial charge on any atom is 0.293 e. The van der Waals surface area contributed by atoms with E-state index in [-0.39, 0.29) is 23.2 Å². The van der Waals surface area contributed by atoms with Gasteiger partial charge in [0.15, 0.2) is 11.6 Å². The number of rotatable bonds is 5. The summed E-state index contributed by atoms with van der Waals surface area (Å²) in [5.41, 5.74) is 2.70. The van der Waals surface area contributed by atoms with Gasteiger partial charge in [0.1, 0.15) is 5.69 Å². The van der Waals surface area contributed by atoms with Crippen LogP contribution in [-0.2, 0) is 4.79 Å². The van der Waals surface area contributed by atoms with Gasteiger partial charge in [0.25, 0.3) is 5.69 Å². The van der Waals surface area contributed by atoms with Gasteiger partial charge in [-0.2, -0.15) is 5.10 Å². The Morgan fingerprint density at radius 2 is 1.91 bits per heavy atom. The van der Waals surface area contributed by atoms with Gasteiger partial charge >= 0.3 is 0 Å². The third-order valence-electron chi connectivity index (χ3n) is 5.67. The molecule has 10 heteroatoms. The number of nitro groups is 1. The highest BCUT2D eigenvalue weighted by Gasteiger charge is 2.29. The van der Waals surface area contributed by atoms with Gasteiger partial charge in [0.05, 0.1) is 16.5 Å². The second-order valence-electron chi connectivity index (χ2n) is 8.09. The zero-order valence-corrected chi connectivity index (χ0v) is 18.3. The standard InChI is InChI=1S/C22H25N7O3/c1-14-6-4-8-18(29(31)32)21(14)23-22(30)17-7-5-11-27(13-17)19-9-10-20(25-24-19)28-16(3)12-15(2)26-28/h4,6,8-10,12,17H,5,7,11,13H2,1-3H3,(H,23,30). The lowest BCUT2D eigenvalue weighted by molar-refractivity contribution is -0.384. The van der Waals surface area contributed by atoms with E-state index < -0.39 is 4.92 Å². The van der Waals surface area contributed by atoms with E-state index in [4.69, 9.17) is 0 Å². The van der Waals surface area contributed by atoms with Gasteiger partial charge in [-0.05, 0) is 57.4 Å². The van der Waals surface area contributed by atoms with Crippen LogP contribution in [0.5, 0.6) is 0 Å². The summed E-state index contributed by atoms with van der Waals surface area (Å²) in [5.74, 6) is 0.798. The van der Waals surface area contributed by atoms with Crippen molar-refractivity contribution < 1.29 is 9.72 Å². The lowest BCUT2D eigenvalue weighted by Crippen LogP contribution is -2.41. The van der Waals surface area contributed by atoms with Crippen molar-refractivity contribution in [1.82, 2.24) is 20.0 Å². The van der Waals surface area contributed by atoms with Crippen molar-refractivity contribution in [3.8, 4) is 5.82 Å². The first kappa shape index (κ1) is 21.4. The van der Waals surface area contributed by atoms with Crippen molar-refractivity contribution in [2.75, 3.05) is 23.3 Å². The largest absolute Gasteiger partial charge is 0.354 e. The van der Waals surface area contributed by atoms with Crippen molar-refractivity contribution in [2.45, 2.75) is 33.6 Å². The van der Waals surface area contributed by atoms with E-state index in [1.54, 1.807) is 23.7 Å². The topological polar surface area (TPSA) is 119 Å². The Bertz CT molecular complexity index is 1160. The third kappa shape index (κ3) is 4.29. The van der Waals surface area contributed by atoms with Gasteiger partial charge in [0.2, 0.25) is 5.91 Å². The fraction of sp³-hybridized carbons (Fsp3) is 0.364. The summed E-state index contributed by atoms with van der Waals surface area (Å²) in [6.45, 7) is 6.87. The highest BCUT2D eigenvalue weighted by Crippen LogP contribution is 2.29. The lowest BCUT2D eigenvalue weighted by atomic mass is 9.96. The Hall–Kier alpha value is -3.82. The van der Waals surface area contributed by atoms with Gasteiger partial charge in [-0.3, -0.25) is 14.9 Å². The van der Waals surface area contributed by atoms with Crippen LogP contribution >= 0.6 is 0 Å². The molecule has 1 N–H and O–H groups in total. The lowest BCUT2D eigenvalue weighted by Gasteiger charge is -2.32. The van der Waals surface area contributed by atoms with Crippen LogP contribution in [0, 0.1) is 36.8 Å².